The van der Waals surface area contributed by atoms with E-state index < -0.39 is 0 Å². The van der Waals surface area contributed by atoms with E-state index in [4.69, 9.17) is 9.47 Å². The molecular weight excluding hydrogens is 256 g/mol. The van der Waals surface area contributed by atoms with Crippen LogP contribution in [-0.2, 0) is 6.61 Å². The summed E-state index contributed by atoms with van der Waals surface area (Å²) in [6.45, 7) is 3.41. The van der Waals surface area contributed by atoms with Gasteiger partial charge in [-0.2, -0.15) is 0 Å². The zero-order chi connectivity index (χ0) is 13.5. The molecule has 3 heteroatoms. The fourth-order valence-corrected chi connectivity index (χ4v) is 1.76. The van der Waals surface area contributed by atoms with Crippen molar-refractivity contribution in [3.63, 3.8) is 0 Å². The second-order valence-corrected chi connectivity index (χ2v) is 4.79. The molecule has 0 saturated heterocycles. The van der Waals surface area contributed by atoms with Gasteiger partial charge in [0.25, 0.3) is 0 Å². The molecule has 2 nitrogen and oxygen atoms in total. The molecule has 0 radical (unpaired) electrons. The van der Waals surface area contributed by atoms with E-state index in [0.717, 1.165) is 35.0 Å². The van der Waals surface area contributed by atoms with Crippen molar-refractivity contribution in [2.45, 2.75) is 24.8 Å². The topological polar surface area (TPSA) is 18.5 Å². The van der Waals surface area contributed by atoms with E-state index in [1.807, 2.05) is 48.5 Å². The Kier molecular flexibility index (Phi) is 5.16. The first-order chi connectivity index (χ1) is 9.28. The minimum atomic E-state index is 0.556. The van der Waals surface area contributed by atoms with Crippen LogP contribution in [0.4, 0.5) is 0 Å². The summed E-state index contributed by atoms with van der Waals surface area (Å²) in [5, 5.41) is 0. The molecule has 0 unspecified atom stereocenters. The standard InChI is InChI=1S/C16H18O2S/c1-2-11-17-14-5-3-13(4-6-14)12-18-15-7-9-16(19)10-8-15/h3-10,19H,2,11-12H2,1H3. The molecule has 2 rings (SSSR count). The molecular formula is C16H18O2S. The fraction of sp³-hybridized carbons (Fsp3) is 0.250. The van der Waals surface area contributed by atoms with E-state index in [0.29, 0.717) is 6.61 Å². The van der Waals surface area contributed by atoms with Crippen molar-refractivity contribution in [3.8, 4) is 11.5 Å². The maximum absolute atomic E-state index is 5.69. The Bertz CT molecular complexity index is 491. The van der Waals surface area contributed by atoms with Crippen molar-refractivity contribution in [1.82, 2.24) is 0 Å². The molecule has 19 heavy (non-hydrogen) atoms. The molecule has 0 spiro atoms. The molecule has 0 atom stereocenters. The van der Waals surface area contributed by atoms with Gasteiger partial charge in [0.15, 0.2) is 0 Å². The normalized spacial score (nSPS) is 10.2. The number of thiol groups is 1. The zero-order valence-corrected chi connectivity index (χ0v) is 11.9. The average molecular weight is 274 g/mol. The predicted octanol–water partition coefficient (Wildman–Crippen LogP) is 4.34. The van der Waals surface area contributed by atoms with E-state index in [1.54, 1.807) is 0 Å². The van der Waals surface area contributed by atoms with Crippen molar-refractivity contribution in [2.75, 3.05) is 6.61 Å². The van der Waals surface area contributed by atoms with Crippen molar-refractivity contribution in [1.29, 1.82) is 0 Å². The number of hydrogen-bond acceptors (Lipinski definition) is 3. The first-order valence-corrected chi connectivity index (χ1v) is 6.86. The van der Waals surface area contributed by atoms with E-state index in [9.17, 15) is 0 Å². The highest BCUT2D eigenvalue weighted by molar-refractivity contribution is 7.80. The molecule has 0 aliphatic carbocycles. The molecule has 0 N–H and O–H groups in total. The van der Waals surface area contributed by atoms with Crippen molar-refractivity contribution < 1.29 is 9.47 Å². The summed E-state index contributed by atoms with van der Waals surface area (Å²) < 4.78 is 11.2. The fourth-order valence-electron chi connectivity index (χ4n) is 1.61. The molecule has 0 amide bonds. The van der Waals surface area contributed by atoms with Gasteiger partial charge in [-0.25, -0.2) is 0 Å². The van der Waals surface area contributed by atoms with Gasteiger partial charge in [-0.1, -0.05) is 19.1 Å². The Morgan fingerprint density at radius 3 is 2.05 bits per heavy atom. The lowest BCUT2D eigenvalue weighted by atomic mass is 10.2. The molecule has 0 aromatic heterocycles. The summed E-state index contributed by atoms with van der Waals surface area (Å²) in [6.07, 6.45) is 1.02. The van der Waals surface area contributed by atoms with E-state index in [-0.39, 0.29) is 0 Å². The third-order valence-corrected chi connectivity index (χ3v) is 2.94. The quantitative estimate of drug-likeness (QED) is 0.790. The summed E-state index contributed by atoms with van der Waals surface area (Å²) in [5.74, 6) is 1.76. The summed E-state index contributed by atoms with van der Waals surface area (Å²) in [6, 6.07) is 15.7. The lowest BCUT2D eigenvalue weighted by Crippen LogP contribution is -1.97. The first kappa shape index (κ1) is 13.8. The van der Waals surface area contributed by atoms with Crippen LogP contribution in [0, 0.1) is 0 Å². The largest absolute Gasteiger partial charge is 0.494 e. The molecule has 2 aromatic rings. The minimum absolute atomic E-state index is 0.556. The third kappa shape index (κ3) is 4.52. The molecule has 0 aliphatic heterocycles. The molecule has 0 heterocycles. The van der Waals surface area contributed by atoms with Gasteiger partial charge in [-0.3, -0.25) is 0 Å². The first-order valence-electron chi connectivity index (χ1n) is 6.41. The lowest BCUT2D eigenvalue weighted by molar-refractivity contribution is 0.304. The van der Waals surface area contributed by atoms with Crippen LogP contribution in [0.3, 0.4) is 0 Å². The van der Waals surface area contributed by atoms with Gasteiger partial charge < -0.3 is 9.47 Å². The van der Waals surface area contributed by atoms with Crippen molar-refractivity contribution >= 4 is 12.6 Å². The Labute approximate surface area is 119 Å². The van der Waals surface area contributed by atoms with Gasteiger partial charge in [0.2, 0.25) is 0 Å². The van der Waals surface area contributed by atoms with Gasteiger partial charge in [0.1, 0.15) is 18.1 Å². The van der Waals surface area contributed by atoms with Gasteiger partial charge in [-0.15, -0.1) is 12.6 Å². The van der Waals surface area contributed by atoms with Crippen LogP contribution in [0.1, 0.15) is 18.9 Å². The summed E-state index contributed by atoms with van der Waals surface area (Å²) in [7, 11) is 0. The summed E-state index contributed by atoms with van der Waals surface area (Å²) in [4.78, 5) is 0.935. The highest BCUT2D eigenvalue weighted by atomic mass is 32.1. The Morgan fingerprint density at radius 1 is 0.842 bits per heavy atom. The highest BCUT2D eigenvalue weighted by Gasteiger charge is 1.97. The van der Waals surface area contributed by atoms with Crippen LogP contribution in [0.5, 0.6) is 11.5 Å². The second-order valence-electron chi connectivity index (χ2n) is 4.27. The van der Waals surface area contributed by atoms with Gasteiger partial charge >= 0.3 is 0 Å². The van der Waals surface area contributed by atoms with Crippen LogP contribution in [-0.4, -0.2) is 6.61 Å². The van der Waals surface area contributed by atoms with Crippen molar-refractivity contribution in [3.05, 3.63) is 54.1 Å². The van der Waals surface area contributed by atoms with Gasteiger partial charge in [-0.05, 0) is 48.4 Å². The average Bonchev–Trinajstić information content (AvgIpc) is 2.46. The van der Waals surface area contributed by atoms with Gasteiger partial charge in [0, 0.05) is 4.90 Å². The Morgan fingerprint density at radius 2 is 1.42 bits per heavy atom. The van der Waals surface area contributed by atoms with Crippen LogP contribution in [0.2, 0.25) is 0 Å². The molecule has 0 saturated carbocycles. The van der Waals surface area contributed by atoms with Crippen LogP contribution in [0.25, 0.3) is 0 Å². The smallest absolute Gasteiger partial charge is 0.119 e. The number of benzene rings is 2. The van der Waals surface area contributed by atoms with Gasteiger partial charge in [0.05, 0.1) is 6.61 Å². The monoisotopic (exact) mass is 274 g/mol. The van der Waals surface area contributed by atoms with E-state index >= 15 is 0 Å². The number of rotatable bonds is 6. The number of ether oxygens (including phenoxy) is 2. The maximum Gasteiger partial charge on any atom is 0.119 e. The van der Waals surface area contributed by atoms with Crippen molar-refractivity contribution in [2.24, 2.45) is 0 Å². The lowest BCUT2D eigenvalue weighted by Gasteiger charge is -2.08. The molecule has 0 fully saturated rings. The van der Waals surface area contributed by atoms with Crippen LogP contribution < -0.4 is 9.47 Å². The van der Waals surface area contributed by atoms with E-state index in [2.05, 4.69) is 19.6 Å². The molecule has 0 bridgehead atoms. The maximum atomic E-state index is 5.69. The SMILES string of the molecule is CCCOc1ccc(COc2ccc(S)cc2)cc1. The molecule has 0 aliphatic rings. The summed E-state index contributed by atoms with van der Waals surface area (Å²) >= 11 is 4.24. The number of hydrogen-bond donors (Lipinski definition) is 1. The third-order valence-electron chi connectivity index (χ3n) is 2.64. The Hall–Kier alpha value is -1.61. The molecule has 100 valence electrons. The molecule has 2 aromatic carbocycles. The zero-order valence-electron chi connectivity index (χ0n) is 11.0. The van der Waals surface area contributed by atoms with E-state index in [1.165, 1.54) is 0 Å². The highest BCUT2D eigenvalue weighted by Crippen LogP contribution is 2.17. The summed E-state index contributed by atoms with van der Waals surface area (Å²) in [5.41, 5.74) is 1.12. The predicted molar refractivity (Wildman–Crippen MR) is 80.3 cm³/mol. The van der Waals surface area contributed by atoms with Crippen LogP contribution in [0.15, 0.2) is 53.4 Å². The van der Waals surface area contributed by atoms with Crippen LogP contribution >= 0.6 is 12.6 Å². The second kappa shape index (κ2) is 7.10. The minimum Gasteiger partial charge on any atom is -0.494 e. The Balaban J connectivity index is 1.87.